The van der Waals surface area contributed by atoms with E-state index in [2.05, 4.69) is 15.4 Å². The zero-order chi connectivity index (χ0) is 12.1. The van der Waals surface area contributed by atoms with Crippen LogP contribution in [-0.2, 0) is 4.74 Å². The number of hydrogen-bond acceptors (Lipinski definition) is 5. The highest BCUT2D eigenvalue weighted by molar-refractivity contribution is 5.79. The summed E-state index contributed by atoms with van der Waals surface area (Å²) in [6.45, 7) is 3.02. The Balaban J connectivity index is 1.95. The van der Waals surface area contributed by atoms with Crippen molar-refractivity contribution in [1.29, 1.82) is 0 Å². The normalized spacial score (nSPS) is 16.4. The van der Waals surface area contributed by atoms with E-state index in [-0.39, 0.29) is 0 Å². The highest BCUT2D eigenvalue weighted by Gasteiger charge is 2.13. The third-order valence-corrected chi connectivity index (χ3v) is 2.30. The molecule has 0 saturated carbocycles. The molecule has 1 aliphatic heterocycles. The molecule has 2 rings (SSSR count). The zero-order valence-electron chi connectivity index (χ0n) is 9.26. The predicted octanol–water partition coefficient (Wildman–Crippen LogP) is 0.118. The van der Waals surface area contributed by atoms with Gasteiger partial charge in [-0.25, -0.2) is 10.2 Å². The van der Waals surface area contributed by atoms with E-state index < -0.39 is 6.03 Å². The molecule has 0 unspecified atom stereocenters. The lowest BCUT2D eigenvalue weighted by atomic mass is 10.4. The number of carbonyl (C=O) groups is 1. The number of anilines is 1. The third kappa shape index (κ3) is 3.22. The number of primary amides is 1. The Morgan fingerprint density at radius 2 is 2.24 bits per heavy atom. The van der Waals surface area contributed by atoms with Gasteiger partial charge in [-0.1, -0.05) is 0 Å². The van der Waals surface area contributed by atoms with Gasteiger partial charge in [0, 0.05) is 19.2 Å². The van der Waals surface area contributed by atoms with Crippen LogP contribution >= 0.6 is 0 Å². The maximum atomic E-state index is 10.4. The quantitative estimate of drug-likeness (QED) is 0.577. The van der Waals surface area contributed by atoms with Crippen LogP contribution in [0.2, 0.25) is 0 Å². The molecular weight excluding hydrogens is 224 g/mol. The van der Waals surface area contributed by atoms with Crippen LogP contribution < -0.4 is 16.1 Å². The second kappa shape index (κ2) is 5.35. The van der Waals surface area contributed by atoms with Gasteiger partial charge in [-0.3, -0.25) is 0 Å². The van der Waals surface area contributed by atoms with Crippen LogP contribution in [0.25, 0.3) is 0 Å². The van der Waals surface area contributed by atoms with Gasteiger partial charge in [-0.05, 0) is 6.07 Å². The lowest BCUT2D eigenvalue weighted by molar-refractivity contribution is 0.120. The highest BCUT2D eigenvalue weighted by Crippen LogP contribution is 2.18. The molecule has 7 nitrogen and oxygen atoms in total. The molecule has 0 bridgehead atoms. The molecule has 17 heavy (non-hydrogen) atoms. The van der Waals surface area contributed by atoms with Gasteiger partial charge in [0.15, 0.2) is 5.88 Å². The van der Waals surface area contributed by atoms with E-state index in [0.717, 1.165) is 19.0 Å². The fourth-order valence-electron chi connectivity index (χ4n) is 1.52. The second-order valence-corrected chi connectivity index (χ2v) is 3.51. The van der Waals surface area contributed by atoms with Gasteiger partial charge >= 0.3 is 6.03 Å². The summed E-state index contributed by atoms with van der Waals surface area (Å²) in [6, 6.07) is 2.93. The van der Waals surface area contributed by atoms with Crippen molar-refractivity contribution < 1.29 is 13.9 Å². The van der Waals surface area contributed by atoms with Crippen molar-refractivity contribution in [2.45, 2.75) is 0 Å². The maximum Gasteiger partial charge on any atom is 0.332 e. The van der Waals surface area contributed by atoms with Crippen LogP contribution in [0.1, 0.15) is 5.76 Å². The van der Waals surface area contributed by atoms with Crippen molar-refractivity contribution >= 4 is 18.1 Å². The second-order valence-electron chi connectivity index (χ2n) is 3.51. The number of ether oxygens (including phenoxy) is 1. The van der Waals surface area contributed by atoms with E-state index in [1.807, 2.05) is 6.07 Å². The van der Waals surface area contributed by atoms with E-state index in [0.29, 0.717) is 19.0 Å². The Kier molecular flexibility index (Phi) is 3.61. The highest BCUT2D eigenvalue weighted by atomic mass is 16.5. The molecule has 1 aromatic rings. The summed E-state index contributed by atoms with van der Waals surface area (Å²) >= 11 is 0. The minimum absolute atomic E-state index is 0.556. The van der Waals surface area contributed by atoms with Gasteiger partial charge in [-0.15, -0.1) is 0 Å². The van der Waals surface area contributed by atoms with Gasteiger partial charge in [0.2, 0.25) is 0 Å². The fourth-order valence-corrected chi connectivity index (χ4v) is 1.52. The summed E-state index contributed by atoms with van der Waals surface area (Å²) < 4.78 is 10.8. The average Bonchev–Trinajstić information content (AvgIpc) is 2.78. The van der Waals surface area contributed by atoms with Crippen LogP contribution in [0, 0.1) is 0 Å². The molecule has 1 saturated heterocycles. The SMILES string of the molecule is NC(=O)N/N=C\c1ccc(N2CCOCC2)o1. The number of furan rings is 1. The number of morpholine rings is 1. The number of nitrogens with two attached hydrogens (primary N) is 1. The number of amides is 2. The molecule has 0 spiro atoms. The summed E-state index contributed by atoms with van der Waals surface area (Å²) in [7, 11) is 0. The largest absolute Gasteiger partial charge is 0.440 e. The van der Waals surface area contributed by atoms with E-state index in [4.69, 9.17) is 14.9 Å². The summed E-state index contributed by atoms with van der Waals surface area (Å²) in [4.78, 5) is 12.5. The lowest BCUT2D eigenvalue weighted by Crippen LogP contribution is -2.35. The van der Waals surface area contributed by atoms with Gasteiger partial charge in [-0.2, -0.15) is 5.10 Å². The number of rotatable bonds is 3. The van der Waals surface area contributed by atoms with Crippen molar-refractivity contribution in [2.75, 3.05) is 31.2 Å². The van der Waals surface area contributed by atoms with E-state index in [9.17, 15) is 4.79 Å². The molecule has 92 valence electrons. The van der Waals surface area contributed by atoms with Crippen molar-refractivity contribution in [3.63, 3.8) is 0 Å². The van der Waals surface area contributed by atoms with E-state index in [1.54, 1.807) is 6.07 Å². The van der Waals surface area contributed by atoms with E-state index in [1.165, 1.54) is 6.21 Å². The van der Waals surface area contributed by atoms with Crippen LogP contribution in [-0.4, -0.2) is 38.5 Å². The Hall–Kier alpha value is -2.02. The number of hydrazone groups is 1. The molecule has 0 aliphatic carbocycles. The molecular formula is C10H14N4O3. The number of urea groups is 1. The first-order valence-corrected chi connectivity index (χ1v) is 5.27. The van der Waals surface area contributed by atoms with Crippen LogP contribution in [0.4, 0.5) is 10.7 Å². The summed E-state index contributed by atoms with van der Waals surface area (Å²) in [5.74, 6) is 1.33. The molecule has 0 atom stereocenters. The van der Waals surface area contributed by atoms with Gasteiger partial charge < -0.3 is 19.8 Å². The molecule has 7 heteroatoms. The molecule has 2 heterocycles. The summed E-state index contributed by atoms with van der Waals surface area (Å²) in [5, 5.41) is 3.61. The Bertz CT molecular complexity index is 409. The lowest BCUT2D eigenvalue weighted by Gasteiger charge is -2.26. The summed E-state index contributed by atoms with van der Waals surface area (Å²) in [6.07, 6.45) is 1.40. The Morgan fingerprint density at radius 3 is 2.94 bits per heavy atom. The fraction of sp³-hybridized carbons (Fsp3) is 0.400. The zero-order valence-corrected chi connectivity index (χ0v) is 9.26. The smallest absolute Gasteiger partial charge is 0.332 e. The van der Waals surface area contributed by atoms with Gasteiger partial charge in [0.1, 0.15) is 5.76 Å². The third-order valence-electron chi connectivity index (χ3n) is 2.30. The average molecular weight is 238 g/mol. The van der Waals surface area contributed by atoms with Crippen molar-refractivity contribution in [3.05, 3.63) is 17.9 Å². The minimum Gasteiger partial charge on any atom is -0.440 e. The monoisotopic (exact) mass is 238 g/mol. The van der Waals surface area contributed by atoms with Crippen LogP contribution in [0.15, 0.2) is 21.7 Å². The van der Waals surface area contributed by atoms with Gasteiger partial charge in [0.05, 0.1) is 19.4 Å². The van der Waals surface area contributed by atoms with Crippen LogP contribution in [0.3, 0.4) is 0 Å². The molecule has 0 aromatic carbocycles. The first-order chi connectivity index (χ1) is 8.25. The van der Waals surface area contributed by atoms with Crippen molar-refractivity contribution in [1.82, 2.24) is 5.43 Å². The first-order valence-electron chi connectivity index (χ1n) is 5.27. The summed E-state index contributed by atoms with van der Waals surface area (Å²) in [5.41, 5.74) is 6.96. The standard InChI is InChI=1S/C10H14N4O3/c11-10(15)13-12-7-8-1-2-9(17-8)14-3-5-16-6-4-14/h1-2,7H,3-6H2,(H3,11,13,15)/b12-7-. The molecule has 1 aliphatic rings. The first kappa shape index (κ1) is 11.5. The van der Waals surface area contributed by atoms with Crippen LogP contribution in [0.5, 0.6) is 0 Å². The Labute approximate surface area is 98.2 Å². The molecule has 1 aromatic heterocycles. The molecule has 3 N–H and O–H groups in total. The van der Waals surface area contributed by atoms with Crippen molar-refractivity contribution in [2.24, 2.45) is 10.8 Å². The molecule has 1 fully saturated rings. The van der Waals surface area contributed by atoms with Crippen molar-refractivity contribution in [3.8, 4) is 0 Å². The molecule has 0 radical (unpaired) electrons. The molecule has 2 amide bonds. The number of carbonyl (C=O) groups excluding carboxylic acids is 1. The topological polar surface area (TPSA) is 93.1 Å². The van der Waals surface area contributed by atoms with Gasteiger partial charge in [0.25, 0.3) is 0 Å². The van der Waals surface area contributed by atoms with E-state index >= 15 is 0 Å². The number of nitrogens with zero attached hydrogens (tertiary/aromatic N) is 2. The number of nitrogens with one attached hydrogen (secondary N) is 1. The maximum absolute atomic E-state index is 10.4. The minimum atomic E-state index is -0.707. The number of hydrogen-bond donors (Lipinski definition) is 2. The predicted molar refractivity (Wildman–Crippen MR) is 62.1 cm³/mol. The Morgan fingerprint density at radius 1 is 1.47 bits per heavy atom.